The summed E-state index contributed by atoms with van der Waals surface area (Å²) in [7, 11) is 0. The normalized spacial score (nSPS) is 11.4. The van der Waals surface area contributed by atoms with E-state index in [2.05, 4.69) is 22.5 Å². The van der Waals surface area contributed by atoms with Crippen molar-refractivity contribution in [1.29, 1.82) is 0 Å². The maximum Gasteiger partial charge on any atom is 0.252 e. The number of benzene rings is 1. The monoisotopic (exact) mass is 345 g/mol. The van der Waals surface area contributed by atoms with Crippen molar-refractivity contribution in [2.45, 2.75) is 40.2 Å². The van der Waals surface area contributed by atoms with E-state index < -0.39 is 5.54 Å². The Morgan fingerprint density at radius 3 is 2.08 bits per heavy atom. The highest BCUT2D eigenvalue weighted by atomic mass is 16.2. The summed E-state index contributed by atoms with van der Waals surface area (Å²) < 4.78 is 0. The van der Waals surface area contributed by atoms with E-state index in [9.17, 15) is 14.4 Å². The predicted molar refractivity (Wildman–Crippen MR) is 99.3 cm³/mol. The van der Waals surface area contributed by atoms with E-state index >= 15 is 0 Å². The molecular weight excluding hydrogens is 318 g/mol. The lowest BCUT2D eigenvalue weighted by Gasteiger charge is -2.27. The average molecular weight is 345 g/mol. The van der Waals surface area contributed by atoms with Crippen molar-refractivity contribution < 1.29 is 14.4 Å². The molecule has 0 unspecified atom stereocenters. The summed E-state index contributed by atoms with van der Waals surface area (Å²) in [6.07, 6.45) is 1.17. The van der Waals surface area contributed by atoms with E-state index in [1.807, 2.05) is 20.8 Å². The molecule has 136 valence electrons. The van der Waals surface area contributed by atoms with Crippen LogP contribution in [0.1, 0.15) is 45.0 Å². The predicted octanol–water partition coefficient (Wildman–Crippen LogP) is 2.48. The lowest BCUT2D eigenvalue weighted by Crippen LogP contribution is -2.55. The summed E-state index contributed by atoms with van der Waals surface area (Å²) in [5.74, 6) is -0.933. The Morgan fingerprint density at radius 2 is 1.60 bits per heavy atom. The number of nitrogens with one attached hydrogen (secondary N) is 3. The zero-order valence-electron chi connectivity index (χ0n) is 15.5. The smallest absolute Gasteiger partial charge is 0.252 e. The van der Waals surface area contributed by atoms with Crippen molar-refractivity contribution >= 4 is 23.4 Å². The lowest BCUT2D eigenvalue weighted by molar-refractivity contribution is -0.126. The average Bonchev–Trinajstić information content (AvgIpc) is 2.51. The second-order valence-electron chi connectivity index (χ2n) is 7.59. The van der Waals surface area contributed by atoms with E-state index in [1.54, 1.807) is 38.1 Å². The van der Waals surface area contributed by atoms with Gasteiger partial charge < -0.3 is 16.0 Å². The topological polar surface area (TPSA) is 87.3 Å². The number of anilines is 1. The molecule has 0 atom stereocenters. The largest absolute Gasteiger partial charge is 0.354 e. The summed E-state index contributed by atoms with van der Waals surface area (Å²) in [5, 5.41) is 8.17. The van der Waals surface area contributed by atoms with Crippen LogP contribution in [0.5, 0.6) is 0 Å². The second kappa shape index (κ2) is 7.96. The second-order valence-corrected chi connectivity index (χ2v) is 7.59. The number of hydrogen-bond acceptors (Lipinski definition) is 3. The van der Waals surface area contributed by atoms with Gasteiger partial charge in [0.25, 0.3) is 5.91 Å². The van der Waals surface area contributed by atoms with Crippen LogP contribution in [0, 0.1) is 5.41 Å². The minimum absolute atomic E-state index is 0.0402. The maximum absolute atomic E-state index is 12.4. The van der Waals surface area contributed by atoms with Gasteiger partial charge in [0.2, 0.25) is 11.8 Å². The number of carbonyl (C=O) groups is 3. The molecule has 0 radical (unpaired) electrons. The number of carbonyl (C=O) groups excluding carboxylic acids is 3. The summed E-state index contributed by atoms with van der Waals surface area (Å²) in [6.45, 7) is 13.3. The molecule has 3 N–H and O–H groups in total. The number of rotatable bonds is 6. The highest BCUT2D eigenvalue weighted by Crippen LogP contribution is 2.13. The van der Waals surface area contributed by atoms with Gasteiger partial charge in [-0.2, -0.15) is 0 Å². The van der Waals surface area contributed by atoms with Crippen molar-refractivity contribution in [3.05, 3.63) is 42.5 Å². The zero-order valence-corrected chi connectivity index (χ0v) is 15.5. The first kappa shape index (κ1) is 20.4. The van der Waals surface area contributed by atoms with E-state index in [0.717, 1.165) is 0 Å². The van der Waals surface area contributed by atoms with Crippen molar-refractivity contribution in [3.8, 4) is 0 Å². The summed E-state index contributed by atoms with van der Waals surface area (Å²) in [4.78, 5) is 35.9. The molecule has 0 aromatic heterocycles. The minimum Gasteiger partial charge on any atom is -0.354 e. The van der Waals surface area contributed by atoms with E-state index in [0.29, 0.717) is 17.8 Å². The van der Waals surface area contributed by atoms with Crippen LogP contribution in [0.4, 0.5) is 5.69 Å². The number of hydrogen-bond donors (Lipinski definition) is 3. The van der Waals surface area contributed by atoms with Gasteiger partial charge in [-0.1, -0.05) is 27.4 Å². The first-order chi connectivity index (χ1) is 11.4. The van der Waals surface area contributed by atoms with E-state index in [-0.39, 0.29) is 23.1 Å². The van der Waals surface area contributed by atoms with Crippen LogP contribution in [0.3, 0.4) is 0 Å². The maximum atomic E-state index is 12.4. The van der Waals surface area contributed by atoms with Crippen LogP contribution in [0.2, 0.25) is 0 Å². The Labute approximate surface area is 149 Å². The molecule has 25 heavy (non-hydrogen) atoms. The zero-order chi connectivity index (χ0) is 19.3. The van der Waals surface area contributed by atoms with Crippen LogP contribution < -0.4 is 16.0 Å². The molecular formula is C19H27N3O3. The van der Waals surface area contributed by atoms with Gasteiger partial charge in [0.1, 0.15) is 5.54 Å². The molecule has 0 saturated carbocycles. The van der Waals surface area contributed by atoms with Crippen molar-refractivity contribution in [1.82, 2.24) is 10.6 Å². The minimum atomic E-state index is -1.04. The third kappa shape index (κ3) is 6.79. The highest BCUT2D eigenvalue weighted by molar-refractivity contribution is 6.01. The molecule has 0 aliphatic heterocycles. The van der Waals surface area contributed by atoms with Crippen molar-refractivity contribution in [3.63, 3.8) is 0 Å². The SMILES string of the molecule is C=CC(=O)Nc1ccc(C(=O)NC(C)(C)C(=O)NCC(C)(C)C)cc1. The van der Waals surface area contributed by atoms with Gasteiger partial charge in [0.15, 0.2) is 0 Å². The van der Waals surface area contributed by atoms with Crippen LogP contribution in [0.15, 0.2) is 36.9 Å². The highest BCUT2D eigenvalue weighted by Gasteiger charge is 2.30. The van der Waals surface area contributed by atoms with Gasteiger partial charge in [0.05, 0.1) is 0 Å². The summed E-state index contributed by atoms with van der Waals surface area (Å²) in [6, 6.07) is 6.39. The molecule has 0 spiro atoms. The van der Waals surface area contributed by atoms with Crippen molar-refractivity contribution in [2.24, 2.45) is 5.41 Å². The Morgan fingerprint density at radius 1 is 1.04 bits per heavy atom. The molecule has 1 aromatic carbocycles. The quantitative estimate of drug-likeness (QED) is 0.692. The van der Waals surface area contributed by atoms with Gasteiger partial charge >= 0.3 is 0 Å². The molecule has 0 heterocycles. The molecule has 0 fully saturated rings. The number of amides is 3. The Kier molecular flexibility index (Phi) is 6.50. The third-order valence-electron chi connectivity index (χ3n) is 3.37. The fraction of sp³-hybridized carbons (Fsp3) is 0.421. The van der Waals surface area contributed by atoms with Crippen LogP contribution >= 0.6 is 0 Å². The van der Waals surface area contributed by atoms with Crippen LogP contribution in [-0.2, 0) is 9.59 Å². The van der Waals surface area contributed by atoms with Gasteiger partial charge in [-0.3, -0.25) is 14.4 Å². The fourth-order valence-electron chi connectivity index (χ4n) is 1.88. The van der Waals surface area contributed by atoms with Crippen LogP contribution in [0.25, 0.3) is 0 Å². The third-order valence-corrected chi connectivity index (χ3v) is 3.37. The molecule has 0 aliphatic rings. The first-order valence-electron chi connectivity index (χ1n) is 8.09. The first-order valence-corrected chi connectivity index (χ1v) is 8.09. The van der Waals surface area contributed by atoms with E-state index in [1.165, 1.54) is 6.08 Å². The Bertz CT molecular complexity index is 655. The van der Waals surface area contributed by atoms with Gasteiger partial charge in [-0.15, -0.1) is 0 Å². The molecule has 6 nitrogen and oxygen atoms in total. The van der Waals surface area contributed by atoms with Gasteiger partial charge in [0, 0.05) is 17.8 Å². The standard InChI is InChI=1S/C19H27N3O3/c1-7-15(23)21-14-10-8-13(9-11-14)16(24)22-19(5,6)17(25)20-12-18(2,3)4/h7-11H,1,12H2,2-6H3,(H,20,25)(H,21,23)(H,22,24). The molecule has 3 amide bonds. The summed E-state index contributed by atoms with van der Waals surface area (Å²) >= 11 is 0. The Balaban J connectivity index is 2.71. The molecule has 6 heteroatoms. The van der Waals surface area contributed by atoms with Gasteiger partial charge in [-0.25, -0.2) is 0 Å². The van der Waals surface area contributed by atoms with Gasteiger partial charge in [-0.05, 0) is 49.6 Å². The molecule has 0 aliphatic carbocycles. The molecule has 1 rings (SSSR count). The lowest BCUT2D eigenvalue weighted by atomic mass is 9.96. The molecule has 0 saturated heterocycles. The summed E-state index contributed by atoms with van der Waals surface area (Å²) in [5.41, 5.74) is -0.128. The van der Waals surface area contributed by atoms with E-state index in [4.69, 9.17) is 0 Å². The molecule has 0 bridgehead atoms. The fourth-order valence-corrected chi connectivity index (χ4v) is 1.88. The molecule has 1 aromatic rings. The van der Waals surface area contributed by atoms with Crippen LogP contribution in [-0.4, -0.2) is 29.8 Å². The Hall–Kier alpha value is -2.63. The van der Waals surface area contributed by atoms with Crippen molar-refractivity contribution in [2.75, 3.05) is 11.9 Å².